The van der Waals surface area contributed by atoms with E-state index >= 15 is 0 Å². The van der Waals surface area contributed by atoms with Gasteiger partial charge in [-0.15, -0.1) is 11.3 Å². The number of hydrogen-bond acceptors (Lipinski definition) is 4. The van der Waals surface area contributed by atoms with Gasteiger partial charge in [0.2, 0.25) is 0 Å². The molecule has 1 aliphatic rings. The molecule has 4 heteroatoms. The Hall–Kier alpha value is -2.14. The van der Waals surface area contributed by atoms with Crippen LogP contribution >= 0.6 is 11.3 Å². The zero-order valence-corrected chi connectivity index (χ0v) is 16.4. The number of aliphatic hydroxyl groups is 1. The van der Waals surface area contributed by atoms with Crippen LogP contribution in [0.2, 0.25) is 0 Å². The highest BCUT2D eigenvalue weighted by atomic mass is 32.1. The lowest BCUT2D eigenvalue weighted by Gasteiger charge is -2.34. The predicted molar refractivity (Wildman–Crippen MR) is 111 cm³/mol. The molecule has 0 spiro atoms. The maximum absolute atomic E-state index is 10.4. The quantitative estimate of drug-likeness (QED) is 0.669. The molecular formula is C23H25NO2S. The van der Waals surface area contributed by atoms with Gasteiger partial charge in [0.05, 0.1) is 0 Å². The second-order valence-electron chi connectivity index (χ2n) is 7.08. The Balaban J connectivity index is 1.30. The smallest absolute Gasteiger partial charge is 0.119 e. The van der Waals surface area contributed by atoms with Crippen molar-refractivity contribution in [2.24, 2.45) is 0 Å². The third kappa shape index (κ3) is 4.24. The third-order valence-electron chi connectivity index (χ3n) is 5.25. The molecule has 27 heavy (non-hydrogen) atoms. The van der Waals surface area contributed by atoms with Gasteiger partial charge in [0.15, 0.2) is 0 Å². The first-order valence-corrected chi connectivity index (χ1v) is 10.4. The summed E-state index contributed by atoms with van der Waals surface area (Å²) in [6.45, 7) is 4.17. The van der Waals surface area contributed by atoms with E-state index in [4.69, 9.17) is 4.74 Å². The third-order valence-corrected chi connectivity index (χ3v) is 6.25. The van der Waals surface area contributed by atoms with E-state index in [1.165, 1.54) is 16.0 Å². The maximum Gasteiger partial charge on any atom is 0.119 e. The van der Waals surface area contributed by atoms with E-state index in [9.17, 15) is 5.11 Å². The SMILES string of the molecule is C[C@@H]1c2ccsc2CCN1C[C@H](O)COc1ccc(-c2ccccc2)cc1. The molecule has 2 atom stereocenters. The largest absolute Gasteiger partial charge is 0.491 e. The highest BCUT2D eigenvalue weighted by Crippen LogP contribution is 2.32. The molecule has 0 radical (unpaired) electrons. The van der Waals surface area contributed by atoms with Crippen molar-refractivity contribution >= 4 is 11.3 Å². The summed E-state index contributed by atoms with van der Waals surface area (Å²) in [5.41, 5.74) is 3.77. The second kappa shape index (κ2) is 8.26. The fraction of sp³-hybridized carbons (Fsp3) is 0.304. The molecule has 140 valence electrons. The first-order valence-electron chi connectivity index (χ1n) is 9.47. The van der Waals surface area contributed by atoms with Crippen LogP contribution in [-0.2, 0) is 6.42 Å². The number of nitrogens with zero attached hydrogens (tertiary/aromatic N) is 1. The van der Waals surface area contributed by atoms with Crippen molar-refractivity contribution in [2.75, 3.05) is 19.7 Å². The minimum atomic E-state index is -0.499. The van der Waals surface area contributed by atoms with Gasteiger partial charge in [0.25, 0.3) is 0 Å². The molecule has 1 aliphatic heterocycles. The second-order valence-corrected chi connectivity index (χ2v) is 8.08. The Morgan fingerprint density at radius 3 is 2.59 bits per heavy atom. The van der Waals surface area contributed by atoms with Crippen LogP contribution in [-0.4, -0.2) is 35.8 Å². The van der Waals surface area contributed by atoms with Gasteiger partial charge in [0.1, 0.15) is 18.5 Å². The summed E-state index contributed by atoms with van der Waals surface area (Å²) >= 11 is 1.84. The fourth-order valence-corrected chi connectivity index (χ4v) is 4.66. The topological polar surface area (TPSA) is 32.7 Å². The van der Waals surface area contributed by atoms with E-state index in [2.05, 4.69) is 47.5 Å². The average molecular weight is 380 g/mol. The molecule has 2 aromatic carbocycles. The summed E-state index contributed by atoms with van der Waals surface area (Å²) in [4.78, 5) is 3.84. The normalized spacial score (nSPS) is 18.1. The number of rotatable bonds is 6. The highest BCUT2D eigenvalue weighted by molar-refractivity contribution is 7.10. The summed E-state index contributed by atoms with van der Waals surface area (Å²) in [5, 5.41) is 12.6. The van der Waals surface area contributed by atoms with Gasteiger partial charge in [-0.2, -0.15) is 0 Å². The Morgan fingerprint density at radius 1 is 1.07 bits per heavy atom. The fourth-order valence-electron chi connectivity index (χ4n) is 3.70. The van der Waals surface area contributed by atoms with Crippen LogP contribution in [0.3, 0.4) is 0 Å². The number of hydrogen-bond donors (Lipinski definition) is 1. The number of aliphatic hydroxyl groups excluding tert-OH is 1. The molecule has 0 unspecified atom stereocenters. The molecule has 2 heterocycles. The van der Waals surface area contributed by atoms with Crippen molar-refractivity contribution in [3.8, 4) is 16.9 Å². The summed E-state index contributed by atoms with van der Waals surface area (Å²) in [7, 11) is 0. The van der Waals surface area contributed by atoms with Gasteiger partial charge in [-0.1, -0.05) is 42.5 Å². The Bertz CT molecular complexity index is 860. The molecule has 0 aliphatic carbocycles. The van der Waals surface area contributed by atoms with E-state index < -0.39 is 6.10 Å². The molecule has 0 bridgehead atoms. The monoisotopic (exact) mass is 379 g/mol. The summed E-state index contributed by atoms with van der Waals surface area (Å²) < 4.78 is 5.82. The van der Waals surface area contributed by atoms with Crippen LogP contribution in [0.15, 0.2) is 66.0 Å². The lowest BCUT2D eigenvalue weighted by molar-refractivity contribution is 0.0522. The van der Waals surface area contributed by atoms with Crippen LogP contribution < -0.4 is 4.74 Å². The summed E-state index contributed by atoms with van der Waals surface area (Å²) in [5.74, 6) is 0.792. The van der Waals surface area contributed by atoms with Crippen molar-refractivity contribution in [1.82, 2.24) is 4.90 Å². The van der Waals surface area contributed by atoms with Gasteiger partial charge >= 0.3 is 0 Å². The Kier molecular flexibility index (Phi) is 5.58. The first kappa shape index (κ1) is 18.2. The van der Waals surface area contributed by atoms with Gasteiger partial charge in [0, 0.05) is 24.0 Å². The summed E-state index contributed by atoms with van der Waals surface area (Å²) in [6.07, 6.45) is 0.577. The molecule has 3 nitrogen and oxygen atoms in total. The van der Waals surface area contributed by atoms with Crippen molar-refractivity contribution in [2.45, 2.75) is 25.5 Å². The number of β-amino-alcohol motifs (C(OH)–C–C–N with tert-alkyl or cyclic N) is 1. The number of thiophene rings is 1. The molecule has 3 aromatic rings. The van der Waals surface area contributed by atoms with E-state index in [1.54, 1.807) is 0 Å². The van der Waals surface area contributed by atoms with Crippen LogP contribution in [0.4, 0.5) is 0 Å². The lowest BCUT2D eigenvalue weighted by atomic mass is 10.0. The minimum absolute atomic E-state index is 0.310. The van der Waals surface area contributed by atoms with E-state index in [0.29, 0.717) is 19.2 Å². The zero-order chi connectivity index (χ0) is 18.6. The van der Waals surface area contributed by atoms with Gasteiger partial charge in [-0.3, -0.25) is 4.90 Å². The lowest BCUT2D eigenvalue weighted by Crippen LogP contribution is -2.40. The number of benzene rings is 2. The molecular weight excluding hydrogens is 354 g/mol. The number of fused-ring (bicyclic) bond motifs is 1. The molecule has 1 N–H and O–H groups in total. The molecule has 4 rings (SSSR count). The van der Waals surface area contributed by atoms with Crippen molar-refractivity contribution in [3.05, 3.63) is 76.5 Å². The Labute approximate surface area is 164 Å². The van der Waals surface area contributed by atoms with Gasteiger partial charge < -0.3 is 9.84 Å². The number of ether oxygens (including phenoxy) is 1. The highest BCUT2D eigenvalue weighted by Gasteiger charge is 2.26. The minimum Gasteiger partial charge on any atom is -0.491 e. The van der Waals surface area contributed by atoms with Crippen molar-refractivity contribution in [3.63, 3.8) is 0 Å². The molecule has 0 saturated carbocycles. The van der Waals surface area contributed by atoms with Crippen molar-refractivity contribution < 1.29 is 9.84 Å². The van der Waals surface area contributed by atoms with E-state index in [0.717, 1.165) is 24.3 Å². The van der Waals surface area contributed by atoms with Gasteiger partial charge in [-0.05, 0) is 53.6 Å². The van der Waals surface area contributed by atoms with Crippen LogP contribution in [0, 0.1) is 0 Å². The van der Waals surface area contributed by atoms with E-state index in [1.807, 2.05) is 41.7 Å². The van der Waals surface area contributed by atoms with E-state index in [-0.39, 0.29) is 0 Å². The predicted octanol–water partition coefficient (Wildman–Crippen LogP) is 4.77. The molecule has 0 fully saturated rings. The van der Waals surface area contributed by atoms with Gasteiger partial charge in [-0.25, -0.2) is 0 Å². The summed E-state index contributed by atoms with van der Waals surface area (Å²) in [6, 6.07) is 20.9. The molecule has 1 aromatic heterocycles. The Morgan fingerprint density at radius 2 is 1.81 bits per heavy atom. The van der Waals surface area contributed by atoms with Crippen LogP contribution in [0.1, 0.15) is 23.4 Å². The zero-order valence-electron chi connectivity index (χ0n) is 15.5. The maximum atomic E-state index is 10.4. The van der Waals surface area contributed by atoms with Crippen molar-refractivity contribution in [1.29, 1.82) is 0 Å². The first-order chi connectivity index (χ1) is 13.2. The van der Waals surface area contributed by atoms with Crippen LogP contribution in [0.5, 0.6) is 5.75 Å². The molecule has 0 amide bonds. The van der Waals surface area contributed by atoms with Crippen LogP contribution in [0.25, 0.3) is 11.1 Å². The molecule has 0 saturated heterocycles. The standard InChI is InChI=1S/C23H25NO2S/c1-17-22-12-14-27-23(22)11-13-24(17)15-20(25)16-26-21-9-7-19(8-10-21)18-5-3-2-4-6-18/h2-10,12,14,17,20,25H,11,13,15-16H2,1H3/t17-,20+/m1/s1. The average Bonchev–Trinajstić information content (AvgIpc) is 3.19.